The van der Waals surface area contributed by atoms with Crippen molar-refractivity contribution in [1.82, 2.24) is 20.0 Å². The van der Waals surface area contributed by atoms with Crippen molar-refractivity contribution in [3.63, 3.8) is 0 Å². The van der Waals surface area contributed by atoms with Crippen molar-refractivity contribution in [2.45, 2.75) is 31.2 Å². The van der Waals surface area contributed by atoms with E-state index < -0.39 is 29.6 Å². The Labute approximate surface area is 277 Å². The van der Waals surface area contributed by atoms with Crippen LogP contribution in [0.1, 0.15) is 41.1 Å². The maximum atomic E-state index is 14.2. The normalized spacial score (nSPS) is 25.4. The van der Waals surface area contributed by atoms with Gasteiger partial charge in [0.1, 0.15) is 0 Å². The predicted molar refractivity (Wildman–Crippen MR) is 173 cm³/mol. The maximum absolute atomic E-state index is 14.2. The van der Waals surface area contributed by atoms with Gasteiger partial charge in [-0.05, 0) is 44.0 Å². The number of carbonyl (C=O) groups excluding carboxylic acids is 2. The van der Waals surface area contributed by atoms with Crippen LogP contribution in [0.25, 0.3) is 0 Å². The van der Waals surface area contributed by atoms with Crippen molar-refractivity contribution in [2.75, 3.05) is 45.8 Å². The number of carbonyl (C=O) groups is 4. The molecule has 0 saturated carbocycles. The molecule has 10 nitrogen and oxygen atoms in total. The molecule has 12 heteroatoms. The number of carboxylic acid groups (broad SMARTS) is 2. The van der Waals surface area contributed by atoms with Gasteiger partial charge < -0.3 is 25.3 Å². The summed E-state index contributed by atoms with van der Waals surface area (Å²) in [5.74, 6) is -5.92. The number of nitrogens with zero attached hydrogens (tertiary/aromatic N) is 3. The summed E-state index contributed by atoms with van der Waals surface area (Å²) >= 11 is 13.2. The van der Waals surface area contributed by atoms with Crippen LogP contribution < -0.4 is 5.32 Å². The molecule has 242 valence electrons. The van der Waals surface area contributed by atoms with E-state index in [0.29, 0.717) is 25.0 Å². The fourth-order valence-corrected chi connectivity index (χ4v) is 8.21. The first-order valence-electron chi connectivity index (χ1n) is 15.6. The van der Waals surface area contributed by atoms with Crippen LogP contribution >= 0.6 is 23.2 Å². The molecule has 1 amide bonds. The molecule has 5 heterocycles. The Morgan fingerprint density at radius 1 is 0.848 bits per heavy atom. The molecule has 0 aliphatic carbocycles. The Morgan fingerprint density at radius 2 is 1.50 bits per heavy atom. The van der Waals surface area contributed by atoms with E-state index in [1.54, 1.807) is 41.3 Å². The number of hydrogen-bond acceptors (Lipinski definition) is 7. The van der Waals surface area contributed by atoms with Gasteiger partial charge in [0.25, 0.3) is 0 Å². The smallest absolute Gasteiger partial charge is 0.334 e. The number of hydrogen-bond donors (Lipinski definition) is 3. The molecule has 3 unspecified atom stereocenters. The number of nitrogens with one attached hydrogen (secondary N) is 1. The quantitative estimate of drug-likeness (QED) is 0.339. The SMILES string of the molecule is O=C(O)C1=CNC(CC(=O)N2CCN(C3CN4CCC3CC4)CC2)=C(C(=O)O)C1C(C(=O)c1ccccc1)c1c(Cl)cccc1Cl. The van der Waals surface area contributed by atoms with Crippen molar-refractivity contribution < 1.29 is 29.4 Å². The lowest BCUT2D eigenvalue weighted by Crippen LogP contribution is -2.61. The summed E-state index contributed by atoms with van der Waals surface area (Å²) in [5, 5.41) is 23.8. The molecule has 4 saturated heterocycles. The van der Waals surface area contributed by atoms with Crippen LogP contribution in [-0.2, 0) is 14.4 Å². The molecule has 0 aromatic heterocycles. The molecule has 4 fully saturated rings. The molecule has 2 aromatic rings. The Morgan fingerprint density at radius 3 is 2.07 bits per heavy atom. The fourth-order valence-electron chi connectivity index (χ4n) is 7.58. The van der Waals surface area contributed by atoms with Gasteiger partial charge in [0.15, 0.2) is 5.78 Å². The second-order valence-electron chi connectivity index (χ2n) is 12.4. The van der Waals surface area contributed by atoms with Crippen LogP contribution in [0.4, 0.5) is 0 Å². The third kappa shape index (κ3) is 6.31. The first kappa shape index (κ1) is 32.2. The van der Waals surface area contributed by atoms with E-state index in [-0.39, 0.29) is 50.3 Å². The Balaban J connectivity index is 1.31. The minimum Gasteiger partial charge on any atom is -0.478 e. The molecule has 46 heavy (non-hydrogen) atoms. The number of Topliss-reactive ketones (excluding diaryl/α,β-unsaturated/α-hetero) is 1. The van der Waals surface area contributed by atoms with E-state index in [1.165, 1.54) is 31.2 Å². The van der Waals surface area contributed by atoms with Gasteiger partial charge in [-0.15, -0.1) is 0 Å². The second kappa shape index (κ2) is 13.6. The second-order valence-corrected chi connectivity index (χ2v) is 13.2. The summed E-state index contributed by atoms with van der Waals surface area (Å²) < 4.78 is 0. The maximum Gasteiger partial charge on any atom is 0.334 e. The van der Waals surface area contributed by atoms with Crippen molar-refractivity contribution in [3.8, 4) is 0 Å². The summed E-state index contributed by atoms with van der Waals surface area (Å²) in [7, 11) is 0. The summed E-state index contributed by atoms with van der Waals surface area (Å²) in [4.78, 5) is 60.2. The Hall–Kier alpha value is -3.70. The van der Waals surface area contributed by atoms with E-state index in [0.717, 1.165) is 32.7 Å². The van der Waals surface area contributed by atoms with Crippen LogP contribution in [0.2, 0.25) is 10.0 Å². The van der Waals surface area contributed by atoms with E-state index >= 15 is 0 Å². The van der Waals surface area contributed by atoms with Crippen LogP contribution in [0.15, 0.2) is 71.6 Å². The molecule has 2 aromatic carbocycles. The number of piperazine rings is 1. The number of dihydropyridines is 1. The molecule has 3 atom stereocenters. The summed E-state index contributed by atoms with van der Waals surface area (Å²) in [6.07, 6.45) is 3.29. The number of piperidine rings is 3. The van der Waals surface area contributed by atoms with Gasteiger partial charge in [-0.25, -0.2) is 9.59 Å². The highest BCUT2D eigenvalue weighted by Crippen LogP contribution is 2.46. The number of rotatable bonds is 9. The van der Waals surface area contributed by atoms with Crippen molar-refractivity contribution in [1.29, 1.82) is 0 Å². The molecular formula is C34H36Cl2N4O6. The van der Waals surface area contributed by atoms with Gasteiger partial charge in [0, 0.05) is 77.8 Å². The Kier molecular flexibility index (Phi) is 9.52. The topological polar surface area (TPSA) is 130 Å². The van der Waals surface area contributed by atoms with Gasteiger partial charge in [-0.3, -0.25) is 14.5 Å². The number of benzene rings is 2. The highest BCUT2D eigenvalue weighted by atomic mass is 35.5. The highest BCUT2D eigenvalue weighted by Gasteiger charge is 2.45. The molecule has 0 spiro atoms. The summed E-state index contributed by atoms with van der Waals surface area (Å²) in [6.45, 7) is 5.89. The largest absolute Gasteiger partial charge is 0.478 e. The van der Waals surface area contributed by atoms with Crippen LogP contribution in [-0.4, -0.2) is 100 Å². The number of aliphatic carboxylic acids is 2. The zero-order valence-corrected chi connectivity index (χ0v) is 26.7. The van der Waals surface area contributed by atoms with Gasteiger partial charge in [-0.2, -0.15) is 0 Å². The van der Waals surface area contributed by atoms with Gasteiger partial charge in [-0.1, -0.05) is 59.6 Å². The number of amides is 1. The lowest BCUT2D eigenvalue weighted by molar-refractivity contribution is -0.134. The standard InChI is InChI=1S/C34H36Cl2N4O6/c35-23-7-4-8-24(36)29(23)31(32(42)21-5-2-1-3-6-21)28-22(33(43)44)18-37-25(30(28)34(45)46)17-27(41)40-15-13-39(14-16-40)26-19-38-11-9-20(26)10-12-38/h1-8,18,20,26,28,31,37H,9-17,19H2,(H,43,44)(H,45,46). The highest BCUT2D eigenvalue weighted by molar-refractivity contribution is 6.36. The van der Waals surface area contributed by atoms with Gasteiger partial charge >= 0.3 is 11.9 Å². The number of halogens is 2. The fraction of sp³-hybridized carbons (Fsp3) is 0.412. The third-order valence-corrected chi connectivity index (χ3v) is 10.6. The van der Waals surface area contributed by atoms with Gasteiger partial charge in [0.05, 0.1) is 23.5 Å². The summed E-state index contributed by atoms with van der Waals surface area (Å²) in [5.41, 5.74) is -0.363. The van der Waals surface area contributed by atoms with Crippen LogP contribution in [0.5, 0.6) is 0 Å². The van der Waals surface area contributed by atoms with E-state index in [2.05, 4.69) is 15.1 Å². The zero-order chi connectivity index (χ0) is 32.5. The monoisotopic (exact) mass is 666 g/mol. The van der Waals surface area contributed by atoms with Gasteiger partial charge in [0.2, 0.25) is 5.91 Å². The number of carboxylic acids is 2. The molecule has 0 radical (unpaired) electrons. The minimum absolute atomic E-state index is 0.0290. The molecule has 5 aliphatic heterocycles. The number of fused-ring (bicyclic) bond motifs is 3. The van der Waals surface area contributed by atoms with Crippen molar-refractivity contribution in [2.24, 2.45) is 11.8 Å². The molecule has 7 rings (SSSR count). The molecular weight excluding hydrogens is 631 g/mol. The average molecular weight is 668 g/mol. The average Bonchev–Trinajstić information content (AvgIpc) is 3.06. The van der Waals surface area contributed by atoms with E-state index in [1.807, 2.05) is 0 Å². The molecule has 3 N–H and O–H groups in total. The minimum atomic E-state index is -1.50. The molecule has 2 bridgehead atoms. The Bertz CT molecular complexity index is 1580. The van der Waals surface area contributed by atoms with Crippen molar-refractivity contribution >= 4 is 46.8 Å². The van der Waals surface area contributed by atoms with E-state index in [4.69, 9.17) is 23.2 Å². The number of ketones is 1. The summed E-state index contributed by atoms with van der Waals surface area (Å²) in [6, 6.07) is 13.3. The lowest BCUT2D eigenvalue weighted by Gasteiger charge is -2.51. The zero-order valence-electron chi connectivity index (χ0n) is 25.2. The predicted octanol–water partition coefficient (Wildman–Crippen LogP) is 4.12. The first-order valence-corrected chi connectivity index (χ1v) is 16.3. The first-order chi connectivity index (χ1) is 22.1. The van der Waals surface area contributed by atoms with Crippen LogP contribution in [0, 0.1) is 11.8 Å². The third-order valence-electron chi connectivity index (χ3n) is 9.92. The lowest BCUT2D eigenvalue weighted by atomic mass is 9.71. The molecule has 5 aliphatic rings. The van der Waals surface area contributed by atoms with Crippen LogP contribution in [0.3, 0.4) is 0 Å². The van der Waals surface area contributed by atoms with E-state index in [9.17, 15) is 29.4 Å². The van der Waals surface area contributed by atoms with Crippen molar-refractivity contribution in [3.05, 3.63) is 92.7 Å².